The summed E-state index contributed by atoms with van der Waals surface area (Å²) in [6.07, 6.45) is 1.57. The maximum Gasteiger partial charge on any atom is 0.326 e. The average Bonchev–Trinajstić information content (AvgIpc) is 3.32. The minimum atomic E-state index is -3.56. The molecule has 1 fully saturated rings. The number of carboxylic acid groups (broad SMARTS) is 1. The van der Waals surface area contributed by atoms with Gasteiger partial charge in [0.2, 0.25) is 10.0 Å². The van der Waals surface area contributed by atoms with Crippen molar-refractivity contribution in [1.82, 2.24) is 9.62 Å². The molecule has 1 atom stereocenters. The van der Waals surface area contributed by atoms with E-state index in [0.717, 1.165) is 12.8 Å². The molecule has 1 aromatic rings. The molecule has 2 rings (SSSR count). The van der Waals surface area contributed by atoms with Crippen LogP contribution in [0.1, 0.15) is 30.1 Å². The fraction of sp³-hybridized carbons (Fsp3) is 0.429. The molecule has 1 aliphatic rings. The number of carboxylic acids is 1. The van der Waals surface area contributed by atoms with Crippen LogP contribution in [0.2, 0.25) is 0 Å². The van der Waals surface area contributed by atoms with Crippen molar-refractivity contribution in [3.63, 3.8) is 0 Å². The zero-order chi connectivity index (χ0) is 16.5. The number of hydrogen-bond acceptors (Lipinski definition) is 4. The highest BCUT2D eigenvalue weighted by molar-refractivity contribution is 7.89. The van der Waals surface area contributed by atoms with Crippen LogP contribution in [0.4, 0.5) is 0 Å². The molecule has 0 aliphatic heterocycles. The van der Waals surface area contributed by atoms with Crippen molar-refractivity contribution in [3.05, 3.63) is 29.8 Å². The molecule has 0 radical (unpaired) electrons. The lowest BCUT2D eigenvalue weighted by Crippen LogP contribution is -2.44. The number of hydrogen-bond donors (Lipinski definition) is 2. The number of sulfonamides is 1. The molecule has 0 aromatic heterocycles. The largest absolute Gasteiger partial charge is 0.480 e. The van der Waals surface area contributed by atoms with E-state index in [-0.39, 0.29) is 16.5 Å². The second kappa shape index (κ2) is 6.05. The van der Waals surface area contributed by atoms with Crippen LogP contribution in [0.25, 0.3) is 0 Å². The minimum absolute atomic E-state index is 0.0517. The molecule has 1 amide bonds. The summed E-state index contributed by atoms with van der Waals surface area (Å²) in [6, 6.07) is 4.48. The molecule has 2 N–H and O–H groups in total. The highest BCUT2D eigenvalue weighted by atomic mass is 32.2. The van der Waals surface area contributed by atoms with Gasteiger partial charge >= 0.3 is 5.97 Å². The van der Waals surface area contributed by atoms with Crippen LogP contribution in [-0.2, 0) is 14.8 Å². The topological polar surface area (TPSA) is 104 Å². The van der Waals surface area contributed by atoms with E-state index in [1.54, 1.807) is 0 Å². The Morgan fingerprint density at radius 1 is 1.27 bits per heavy atom. The molecule has 120 valence electrons. The first-order chi connectivity index (χ1) is 10.3. The Labute approximate surface area is 129 Å². The van der Waals surface area contributed by atoms with Crippen molar-refractivity contribution in [2.45, 2.75) is 36.7 Å². The van der Waals surface area contributed by atoms with E-state index in [2.05, 4.69) is 4.72 Å². The predicted octanol–water partition coefficient (Wildman–Crippen LogP) is 0.672. The first-order valence-corrected chi connectivity index (χ1v) is 8.35. The summed E-state index contributed by atoms with van der Waals surface area (Å²) in [6.45, 7) is 1.47. The molecule has 0 heterocycles. The highest BCUT2D eigenvalue weighted by Gasteiger charge is 2.38. The molecule has 1 saturated carbocycles. The van der Waals surface area contributed by atoms with E-state index in [4.69, 9.17) is 5.11 Å². The van der Waals surface area contributed by atoms with E-state index < -0.39 is 27.9 Å². The summed E-state index contributed by atoms with van der Waals surface area (Å²) in [4.78, 5) is 25.1. The number of benzene rings is 1. The van der Waals surface area contributed by atoms with Gasteiger partial charge in [-0.2, -0.15) is 0 Å². The van der Waals surface area contributed by atoms with Crippen molar-refractivity contribution in [1.29, 1.82) is 0 Å². The van der Waals surface area contributed by atoms with Gasteiger partial charge in [0.15, 0.2) is 0 Å². The van der Waals surface area contributed by atoms with Crippen LogP contribution in [0.3, 0.4) is 0 Å². The van der Waals surface area contributed by atoms with Gasteiger partial charge in [0.05, 0.1) is 4.90 Å². The number of carbonyl (C=O) groups is 2. The Balaban J connectivity index is 2.26. The Morgan fingerprint density at radius 2 is 1.82 bits per heavy atom. The summed E-state index contributed by atoms with van der Waals surface area (Å²) in [5.74, 6) is -1.46. The summed E-state index contributed by atoms with van der Waals surface area (Å²) in [5, 5.41) is 9.13. The van der Waals surface area contributed by atoms with Gasteiger partial charge in [-0.25, -0.2) is 17.9 Å². The Morgan fingerprint density at radius 3 is 2.23 bits per heavy atom. The normalized spacial score (nSPS) is 16.1. The molecular weight excluding hydrogens is 308 g/mol. The SMILES string of the molecule is CNS(=O)(=O)c1ccc(C(=O)N(C2CC2)C(C)C(=O)O)cc1. The fourth-order valence-corrected chi connectivity index (χ4v) is 2.90. The molecule has 1 unspecified atom stereocenters. The van der Waals surface area contributed by atoms with Gasteiger partial charge in [0, 0.05) is 11.6 Å². The standard InChI is InChI=1S/C14H18N2O5S/c1-9(14(18)19)16(11-5-6-11)13(17)10-3-7-12(8-4-10)22(20,21)15-2/h3-4,7-9,11,15H,5-6H2,1-2H3,(H,18,19). The van der Waals surface area contributed by atoms with Crippen molar-refractivity contribution < 1.29 is 23.1 Å². The number of carbonyl (C=O) groups excluding carboxylic acids is 1. The fourth-order valence-electron chi connectivity index (χ4n) is 2.17. The van der Waals surface area contributed by atoms with Gasteiger partial charge in [-0.15, -0.1) is 0 Å². The van der Waals surface area contributed by atoms with E-state index in [9.17, 15) is 18.0 Å². The van der Waals surface area contributed by atoms with Crippen LogP contribution in [-0.4, -0.2) is 49.4 Å². The van der Waals surface area contributed by atoms with E-state index in [0.29, 0.717) is 0 Å². The number of nitrogens with one attached hydrogen (secondary N) is 1. The molecule has 0 bridgehead atoms. The summed E-state index contributed by atoms with van der Waals surface area (Å²) in [7, 11) is -2.26. The third kappa shape index (κ3) is 3.28. The maximum absolute atomic E-state index is 12.5. The van der Waals surface area contributed by atoms with Crippen LogP contribution >= 0.6 is 0 Å². The highest BCUT2D eigenvalue weighted by Crippen LogP contribution is 2.30. The first kappa shape index (κ1) is 16.4. The van der Waals surface area contributed by atoms with Crippen molar-refractivity contribution >= 4 is 21.9 Å². The van der Waals surface area contributed by atoms with Crippen molar-refractivity contribution in [2.75, 3.05) is 7.05 Å². The Bertz CT molecular complexity index is 680. The number of amides is 1. The molecule has 0 spiro atoms. The lowest BCUT2D eigenvalue weighted by Gasteiger charge is -2.26. The van der Waals surface area contributed by atoms with Crippen LogP contribution in [0.5, 0.6) is 0 Å². The van der Waals surface area contributed by atoms with Gasteiger partial charge < -0.3 is 10.0 Å². The molecule has 1 aromatic carbocycles. The molecule has 22 heavy (non-hydrogen) atoms. The zero-order valence-corrected chi connectivity index (χ0v) is 13.1. The smallest absolute Gasteiger partial charge is 0.326 e. The van der Waals surface area contributed by atoms with Crippen LogP contribution in [0, 0.1) is 0 Å². The van der Waals surface area contributed by atoms with Crippen molar-refractivity contribution in [2.24, 2.45) is 0 Å². The molecule has 0 saturated heterocycles. The van der Waals surface area contributed by atoms with Gasteiger partial charge in [-0.3, -0.25) is 4.79 Å². The molecule has 8 heteroatoms. The third-order valence-corrected chi connectivity index (χ3v) is 5.06. The van der Waals surface area contributed by atoms with Gasteiger partial charge in [0.1, 0.15) is 6.04 Å². The zero-order valence-electron chi connectivity index (χ0n) is 12.3. The lowest BCUT2D eigenvalue weighted by molar-refractivity contribution is -0.141. The Hall–Kier alpha value is -1.93. The number of rotatable bonds is 6. The van der Waals surface area contributed by atoms with Crippen LogP contribution in [0.15, 0.2) is 29.2 Å². The van der Waals surface area contributed by atoms with Crippen molar-refractivity contribution in [3.8, 4) is 0 Å². The van der Waals surface area contributed by atoms with E-state index in [1.807, 2.05) is 0 Å². The van der Waals surface area contributed by atoms with Gasteiger partial charge in [0.25, 0.3) is 5.91 Å². The second-order valence-electron chi connectivity index (χ2n) is 5.19. The van der Waals surface area contributed by atoms with Gasteiger partial charge in [-0.05, 0) is 51.1 Å². The van der Waals surface area contributed by atoms with E-state index in [1.165, 1.54) is 43.1 Å². The summed E-state index contributed by atoms with van der Waals surface area (Å²) >= 11 is 0. The first-order valence-electron chi connectivity index (χ1n) is 6.87. The van der Waals surface area contributed by atoms with E-state index >= 15 is 0 Å². The quantitative estimate of drug-likeness (QED) is 0.800. The van der Waals surface area contributed by atoms with Gasteiger partial charge in [-0.1, -0.05) is 0 Å². The number of nitrogens with zero attached hydrogens (tertiary/aromatic N) is 1. The second-order valence-corrected chi connectivity index (χ2v) is 7.08. The summed E-state index contributed by atoms with van der Waals surface area (Å²) < 4.78 is 25.5. The molecule has 1 aliphatic carbocycles. The predicted molar refractivity (Wildman–Crippen MR) is 79.0 cm³/mol. The average molecular weight is 326 g/mol. The monoisotopic (exact) mass is 326 g/mol. The lowest BCUT2D eigenvalue weighted by atomic mass is 10.1. The maximum atomic E-state index is 12.5. The third-order valence-electron chi connectivity index (χ3n) is 3.63. The number of aliphatic carboxylic acids is 1. The Kier molecular flexibility index (Phi) is 4.52. The minimum Gasteiger partial charge on any atom is -0.480 e. The molecule has 7 nitrogen and oxygen atoms in total. The molecular formula is C14H18N2O5S. The summed E-state index contributed by atoms with van der Waals surface area (Å²) in [5.41, 5.74) is 0.273. The van der Waals surface area contributed by atoms with Crippen LogP contribution < -0.4 is 4.72 Å².